The van der Waals surface area contributed by atoms with Gasteiger partial charge in [-0.05, 0) is 12.8 Å². The summed E-state index contributed by atoms with van der Waals surface area (Å²) in [7, 11) is 0. The molecule has 0 aliphatic carbocycles. The number of carbonyl (C=O) groups is 3. The molecule has 140 valence electrons. The Labute approximate surface area is 149 Å². The Morgan fingerprint density at radius 1 is 1.24 bits per heavy atom. The van der Waals surface area contributed by atoms with Gasteiger partial charge in [0.2, 0.25) is 17.7 Å². The lowest BCUT2D eigenvalue weighted by Crippen LogP contribution is -2.55. The molecule has 0 saturated carbocycles. The van der Waals surface area contributed by atoms with E-state index in [4.69, 9.17) is 0 Å². The van der Waals surface area contributed by atoms with E-state index in [2.05, 4.69) is 12.2 Å². The molecule has 1 N–H and O–H groups in total. The van der Waals surface area contributed by atoms with Crippen LogP contribution in [-0.2, 0) is 14.4 Å². The van der Waals surface area contributed by atoms with E-state index in [0.717, 1.165) is 32.2 Å². The van der Waals surface area contributed by atoms with Gasteiger partial charge in [-0.1, -0.05) is 26.7 Å². The zero-order valence-corrected chi connectivity index (χ0v) is 15.4. The fraction of sp³-hybridized carbons (Fsp3) is 0.833. The molecule has 7 heteroatoms. The van der Waals surface area contributed by atoms with Crippen LogP contribution in [0.15, 0.2) is 0 Å². The molecule has 0 aromatic carbocycles. The SMILES string of the molecule is CCCC[C@@H](C)C(=O)N1C[C@@H]2C[C@H]1CN2C(=O)CN1CCNC(=O)C1. The van der Waals surface area contributed by atoms with E-state index in [0.29, 0.717) is 32.7 Å². The number of carbonyl (C=O) groups excluding carboxylic acids is 3. The van der Waals surface area contributed by atoms with E-state index >= 15 is 0 Å². The van der Waals surface area contributed by atoms with E-state index < -0.39 is 0 Å². The second-order valence-electron chi connectivity index (χ2n) is 7.68. The number of hydrogen-bond acceptors (Lipinski definition) is 4. The molecule has 0 radical (unpaired) electrons. The number of fused-ring (bicyclic) bond motifs is 2. The molecule has 3 amide bonds. The number of nitrogens with one attached hydrogen (secondary N) is 1. The molecule has 3 aliphatic heterocycles. The Morgan fingerprint density at radius 2 is 1.96 bits per heavy atom. The maximum absolute atomic E-state index is 12.6. The van der Waals surface area contributed by atoms with Crippen molar-refractivity contribution in [3.05, 3.63) is 0 Å². The maximum atomic E-state index is 12.6. The van der Waals surface area contributed by atoms with Gasteiger partial charge in [0.25, 0.3) is 0 Å². The third-order valence-corrected chi connectivity index (χ3v) is 5.73. The fourth-order valence-corrected chi connectivity index (χ4v) is 4.27. The summed E-state index contributed by atoms with van der Waals surface area (Å²) in [5, 5.41) is 2.78. The molecule has 3 atom stereocenters. The molecule has 3 fully saturated rings. The van der Waals surface area contributed by atoms with Gasteiger partial charge >= 0.3 is 0 Å². The molecule has 7 nitrogen and oxygen atoms in total. The Hall–Kier alpha value is -1.63. The van der Waals surface area contributed by atoms with Crippen molar-refractivity contribution in [1.82, 2.24) is 20.0 Å². The lowest BCUT2D eigenvalue weighted by atomic mass is 10.0. The van der Waals surface area contributed by atoms with E-state index in [9.17, 15) is 14.4 Å². The molecular formula is C18H30N4O3. The summed E-state index contributed by atoms with van der Waals surface area (Å²) in [6, 6.07) is 0.327. The summed E-state index contributed by atoms with van der Waals surface area (Å²) in [6.07, 6.45) is 4.05. The first-order valence-electron chi connectivity index (χ1n) is 9.58. The number of likely N-dealkylation sites (tertiary alicyclic amines) is 2. The number of nitrogens with zero attached hydrogens (tertiary/aromatic N) is 3. The lowest BCUT2D eigenvalue weighted by molar-refractivity contribution is -0.143. The molecule has 25 heavy (non-hydrogen) atoms. The van der Waals surface area contributed by atoms with Crippen molar-refractivity contribution in [2.75, 3.05) is 39.3 Å². The number of piperazine rings is 2. The van der Waals surface area contributed by atoms with Crippen LogP contribution in [0.25, 0.3) is 0 Å². The molecule has 3 rings (SSSR count). The summed E-state index contributed by atoms with van der Waals surface area (Å²) in [4.78, 5) is 42.5. The van der Waals surface area contributed by atoms with E-state index in [1.54, 1.807) is 0 Å². The van der Waals surface area contributed by atoms with Crippen molar-refractivity contribution in [1.29, 1.82) is 0 Å². The number of amides is 3. The summed E-state index contributed by atoms with van der Waals surface area (Å²) < 4.78 is 0. The van der Waals surface area contributed by atoms with Gasteiger partial charge in [0.1, 0.15) is 0 Å². The van der Waals surface area contributed by atoms with Crippen molar-refractivity contribution < 1.29 is 14.4 Å². The van der Waals surface area contributed by atoms with Gasteiger partial charge in [-0.3, -0.25) is 19.3 Å². The largest absolute Gasteiger partial charge is 0.354 e. The molecule has 3 saturated heterocycles. The summed E-state index contributed by atoms with van der Waals surface area (Å²) in [6.45, 7) is 7.42. The maximum Gasteiger partial charge on any atom is 0.237 e. The highest BCUT2D eigenvalue weighted by Crippen LogP contribution is 2.32. The highest BCUT2D eigenvalue weighted by molar-refractivity contribution is 5.83. The highest BCUT2D eigenvalue weighted by Gasteiger charge is 2.47. The van der Waals surface area contributed by atoms with Gasteiger partial charge in [-0.2, -0.15) is 0 Å². The monoisotopic (exact) mass is 350 g/mol. The number of hydrogen-bond donors (Lipinski definition) is 1. The number of rotatable bonds is 6. The molecule has 3 heterocycles. The van der Waals surface area contributed by atoms with Crippen LogP contribution in [0.5, 0.6) is 0 Å². The predicted octanol–water partition coefficient (Wildman–Crippen LogP) is 0.0562. The molecule has 0 aromatic rings. The smallest absolute Gasteiger partial charge is 0.237 e. The van der Waals surface area contributed by atoms with Crippen molar-refractivity contribution in [2.45, 2.75) is 51.6 Å². The highest BCUT2D eigenvalue weighted by atomic mass is 16.2. The minimum absolute atomic E-state index is 0.0140. The minimum Gasteiger partial charge on any atom is -0.354 e. The minimum atomic E-state index is -0.0140. The van der Waals surface area contributed by atoms with Crippen LogP contribution in [0.3, 0.4) is 0 Å². The molecule has 0 unspecified atom stereocenters. The van der Waals surface area contributed by atoms with Gasteiger partial charge < -0.3 is 15.1 Å². The van der Waals surface area contributed by atoms with Crippen molar-refractivity contribution in [2.24, 2.45) is 5.92 Å². The fourth-order valence-electron chi connectivity index (χ4n) is 4.27. The molecular weight excluding hydrogens is 320 g/mol. The number of unbranched alkanes of at least 4 members (excludes halogenated alkanes) is 1. The van der Waals surface area contributed by atoms with Gasteiger partial charge in [0.15, 0.2) is 0 Å². The lowest BCUT2D eigenvalue weighted by Gasteiger charge is -2.36. The second-order valence-corrected chi connectivity index (χ2v) is 7.68. The predicted molar refractivity (Wildman–Crippen MR) is 93.8 cm³/mol. The third-order valence-electron chi connectivity index (χ3n) is 5.73. The van der Waals surface area contributed by atoms with Crippen LogP contribution >= 0.6 is 0 Å². The van der Waals surface area contributed by atoms with E-state index in [-0.39, 0.29) is 35.7 Å². The van der Waals surface area contributed by atoms with Gasteiger partial charge in [0, 0.05) is 32.1 Å². The molecule has 0 spiro atoms. The molecule has 0 aromatic heterocycles. The van der Waals surface area contributed by atoms with Gasteiger partial charge in [-0.15, -0.1) is 0 Å². The third kappa shape index (κ3) is 3.97. The van der Waals surface area contributed by atoms with Crippen LogP contribution < -0.4 is 5.32 Å². The van der Waals surface area contributed by atoms with Gasteiger partial charge in [0.05, 0.1) is 25.2 Å². The zero-order valence-electron chi connectivity index (χ0n) is 15.4. The van der Waals surface area contributed by atoms with Crippen LogP contribution in [0.4, 0.5) is 0 Å². The Morgan fingerprint density at radius 3 is 2.60 bits per heavy atom. The second kappa shape index (κ2) is 7.72. The van der Waals surface area contributed by atoms with E-state index in [1.807, 2.05) is 21.6 Å². The standard InChI is InChI=1S/C18H30N4O3/c1-3-4-5-13(2)18(25)22-10-14-8-15(22)9-21(14)17(24)12-20-7-6-19-16(23)11-20/h13-15H,3-12H2,1-2H3,(H,19,23)/t13-,14+,15+/m1/s1. The quantitative estimate of drug-likeness (QED) is 0.735. The van der Waals surface area contributed by atoms with Crippen LogP contribution in [0.2, 0.25) is 0 Å². The molecule has 2 bridgehead atoms. The summed E-state index contributed by atoms with van der Waals surface area (Å²) in [5.74, 6) is 0.407. The van der Waals surface area contributed by atoms with Crippen LogP contribution in [-0.4, -0.2) is 83.8 Å². The summed E-state index contributed by atoms with van der Waals surface area (Å²) >= 11 is 0. The first-order valence-corrected chi connectivity index (χ1v) is 9.58. The van der Waals surface area contributed by atoms with Crippen molar-refractivity contribution in [3.8, 4) is 0 Å². The first-order chi connectivity index (χ1) is 12.0. The Balaban J connectivity index is 1.50. The average molecular weight is 350 g/mol. The van der Waals surface area contributed by atoms with Crippen LogP contribution in [0, 0.1) is 5.92 Å². The first kappa shape index (κ1) is 18.2. The van der Waals surface area contributed by atoms with E-state index in [1.165, 1.54) is 0 Å². The van der Waals surface area contributed by atoms with Crippen molar-refractivity contribution >= 4 is 17.7 Å². The van der Waals surface area contributed by atoms with Crippen molar-refractivity contribution in [3.63, 3.8) is 0 Å². The van der Waals surface area contributed by atoms with Gasteiger partial charge in [-0.25, -0.2) is 0 Å². The molecule has 3 aliphatic rings. The topological polar surface area (TPSA) is 73.0 Å². The normalized spacial score (nSPS) is 27.5. The zero-order chi connectivity index (χ0) is 18.0. The summed E-state index contributed by atoms with van der Waals surface area (Å²) in [5.41, 5.74) is 0. The Bertz CT molecular complexity index is 538. The Kier molecular flexibility index (Phi) is 5.61. The van der Waals surface area contributed by atoms with Crippen LogP contribution in [0.1, 0.15) is 39.5 Å². The average Bonchev–Trinajstić information content (AvgIpc) is 3.19.